The second-order valence-corrected chi connectivity index (χ2v) is 4.87. The van der Waals surface area contributed by atoms with Crippen molar-refractivity contribution < 1.29 is 5.11 Å². The van der Waals surface area contributed by atoms with E-state index in [0.29, 0.717) is 5.15 Å². The van der Waals surface area contributed by atoms with Gasteiger partial charge < -0.3 is 5.11 Å². The lowest BCUT2D eigenvalue weighted by Crippen LogP contribution is -1.91. The Morgan fingerprint density at radius 2 is 2.12 bits per heavy atom. The Labute approximate surface area is 104 Å². The summed E-state index contributed by atoms with van der Waals surface area (Å²) in [6.07, 6.45) is 0. The van der Waals surface area contributed by atoms with Gasteiger partial charge in [-0.05, 0) is 12.1 Å². The molecule has 0 aliphatic carbocycles. The number of aromatic nitrogens is 1. The minimum atomic E-state index is 0.198. The van der Waals surface area contributed by atoms with Crippen LogP contribution in [0.4, 0.5) is 0 Å². The number of rotatable bonds is 4. The molecule has 1 aromatic heterocycles. The van der Waals surface area contributed by atoms with Crippen LogP contribution in [0.5, 0.6) is 0 Å². The number of hydrogen-bond donors (Lipinski definition) is 1. The number of pyridine rings is 1. The number of nitrogens with zero attached hydrogens (tertiary/aromatic N) is 1. The molecule has 0 unspecified atom stereocenters. The molecule has 1 aromatic carbocycles. The lowest BCUT2D eigenvalue weighted by atomic mass is 10.2. The Bertz CT molecular complexity index is 489. The maximum absolute atomic E-state index is 8.72. The summed E-state index contributed by atoms with van der Waals surface area (Å²) in [6, 6.07) is 9.98. The fourth-order valence-electron chi connectivity index (χ4n) is 1.48. The molecule has 0 saturated carbocycles. The number of benzene rings is 1. The second kappa shape index (κ2) is 5.53. The van der Waals surface area contributed by atoms with Crippen molar-refractivity contribution in [3.05, 3.63) is 41.0 Å². The van der Waals surface area contributed by atoms with Gasteiger partial charge in [-0.25, -0.2) is 4.98 Å². The van der Waals surface area contributed by atoms with Crippen LogP contribution < -0.4 is 0 Å². The Morgan fingerprint density at radius 1 is 1.31 bits per heavy atom. The Hall–Kier alpha value is -0.770. The molecule has 1 heterocycles. The van der Waals surface area contributed by atoms with Gasteiger partial charge in [-0.1, -0.05) is 29.8 Å². The maximum Gasteiger partial charge on any atom is 0.133 e. The van der Waals surface area contributed by atoms with Crippen LogP contribution in [-0.2, 0) is 5.75 Å². The van der Waals surface area contributed by atoms with Gasteiger partial charge in [0.2, 0.25) is 0 Å². The molecule has 16 heavy (non-hydrogen) atoms. The van der Waals surface area contributed by atoms with Gasteiger partial charge in [0.25, 0.3) is 0 Å². The molecule has 1 N–H and O–H groups in total. The van der Waals surface area contributed by atoms with Crippen molar-refractivity contribution in [3.8, 4) is 0 Å². The molecular formula is C12H12ClNOS. The highest BCUT2D eigenvalue weighted by molar-refractivity contribution is 7.98. The summed E-state index contributed by atoms with van der Waals surface area (Å²) in [5.41, 5.74) is 1.95. The minimum absolute atomic E-state index is 0.198. The number of fused-ring (bicyclic) bond motifs is 1. The van der Waals surface area contributed by atoms with E-state index < -0.39 is 0 Å². The monoisotopic (exact) mass is 253 g/mol. The van der Waals surface area contributed by atoms with Crippen LogP contribution in [0.2, 0.25) is 5.15 Å². The zero-order valence-electron chi connectivity index (χ0n) is 8.69. The molecule has 0 amide bonds. The molecule has 4 heteroatoms. The summed E-state index contributed by atoms with van der Waals surface area (Å²) < 4.78 is 0. The van der Waals surface area contributed by atoms with Crippen LogP contribution >= 0.6 is 23.4 Å². The topological polar surface area (TPSA) is 33.1 Å². The van der Waals surface area contributed by atoms with Gasteiger partial charge in [0.1, 0.15) is 5.15 Å². The number of aliphatic hydroxyl groups excluding tert-OH is 1. The number of aliphatic hydroxyl groups is 1. The lowest BCUT2D eigenvalue weighted by Gasteiger charge is -2.05. The number of thioether (sulfide) groups is 1. The predicted molar refractivity (Wildman–Crippen MR) is 70.0 cm³/mol. The SMILES string of the molecule is OCCSCc1cc2ccccc2nc1Cl. The zero-order valence-corrected chi connectivity index (χ0v) is 10.3. The largest absolute Gasteiger partial charge is 0.396 e. The molecule has 2 nitrogen and oxygen atoms in total. The third-order valence-electron chi connectivity index (χ3n) is 2.24. The van der Waals surface area contributed by atoms with Gasteiger partial charge in [0.05, 0.1) is 12.1 Å². The summed E-state index contributed by atoms with van der Waals surface area (Å²) in [4.78, 5) is 4.34. The maximum atomic E-state index is 8.72. The van der Waals surface area contributed by atoms with Gasteiger partial charge in [0, 0.05) is 22.5 Å². The first-order valence-corrected chi connectivity index (χ1v) is 6.57. The molecule has 0 atom stereocenters. The van der Waals surface area contributed by atoms with Gasteiger partial charge in [-0.15, -0.1) is 0 Å². The number of hydrogen-bond acceptors (Lipinski definition) is 3. The Kier molecular flexibility index (Phi) is 4.04. The first kappa shape index (κ1) is 11.7. The fraction of sp³-hybridized carbons (Fsp3) is 0.250. The minimum Gasteiger partial charge on any atom is -0.396 e. The van der Waals surface area contributed by atoms with E-state index in [0.717, 1.165) is 28.0 Å². The van der Waals surface area contributed by atoms with Crippen LogP contribution in [0, 0.1) is 0 Å². The molecule has 0 spiro atoms. The van der Waals surface area contributed by atoms with E-state index in [9.17, 15) is 0 Å². The third kappa shape index (κ3) is 2.67. The van der Waals surface area contributed by atoms with Crippen LogP contribution in [0.1, 0.15) is 5.56 Å². The molecule has 0 fully saturated rings. The predicted octanol–water partition coefficient (Wildman–Crippen LogP) is 3.11. The van der Waals surface area contributed by atoms with Gasteiger partial charge in [-0.3, -0.25) is 0 Å². The van der Waals surface area contributed by atoms with E-state index in [1.807, 2.05) is 24.3 Å². The van der Waals surface area contributed by atoms with E-state index in [4.69, 9.17) is 16.7 Å². The molecule has 0 aliphatic heterocycles. The first-order chi connectivity index (χ1) is 7.81. The first-order valence-electron chi connectivity index (χ1n) is 5.04. The standard InChI is InChI=1S/C12H12ClNOS/c13-12-10(8-16-6-5-15)7-9-3-1-2-4-11(9)14-12/h1-4,7,15H,5-6,8H2. The molecule has 2 aromatic rings. The quantitative estimate of drug-likeness (QED) is 0.671. The Balaban J connectivity index is 2.27. The van der Waals surface area contributed by atoms with E-state index in [1.54, 1.807) is 11.8 Å². The van der Waals surface area contributed by atoms with Crippen LogP contribution in [-0.4, -0.2) is 22.5 Å². The summed E-state index contributed by atoms with van der Waals surface area (Å²) in [5.74, 6) is 1.51. The molecular weight excluding hydrogens is 242 g/mol. The molecule has 2 rings (SSSR count). The van der Waals surface area contributed by atoms with Crippen molar-refractivity contribution in [2.24, 2.45) is 0 Å². The zero-order chi connectivity index (χ0) is 11.4. The van der Waals surface area contributed by atoms with Crippen molar-refractivity contribution in [1.29, 1.82) is 0 Å². The number of halogens is 1. The molecule has 0 aliphatic rings. The molecule has 0 radical (unpaired) electrons. The Morgan fingerprint density at radius 3 is 2.94 bits per heavy atom. The summed E-state index contributed by atoms with van der Waals surface area (Å²) in [5, 5.41) is 10.4. The normalized spacial score (nSPS) is 10.9. The van der Waals surface area contributed by atoms with Gasteiger partial charge in [0.15, 0.2) is 0 Å². The summed E-state index contributed by atoms with van der Waals surface area (Å²) in [7, 11) is 0. The third-order valence-corrected chi connectivity index (χ3v) is 3.56. The highest BCUT2D eigenvalue weighted by atomic mass is 35.5. The van der Waals surface area contributed by atoms with Crippen molar-refractivity contribution in [2.45, 2.75) is 5.75 Å². The van der Waals surface area contributed by atoms with Crippen molar-refractivity contribution in [1.82, 2.24) is 4.98 Å². The van der Waals surface area contributed by atoms with Gasteiger partial charge >= 0.3 is 0 Å². The molecule has 0 bridgehead atoms. The lowest BCUT2D eigenvalue weighted by molar-refractivity contribution is 0.322. The van der Waals surface area contributed by atoms with Crippen molar-refractivity contribution >= 4 is 34.3 Å². The number of para-hydroxylation sites is 1. The average molecular weight is 254 g/mol. The van der Waals surface area contributed by atoms with E-state index in [-0.39, 0.29) is 6.61 Å². The van der Waals surface area contributed by atoms with Crippen LogP contribution in [0.25, 0.3) is 10.9 Å². The fourth-order valence-corrected chi connectivity index (χ4v) is 2.49. The van der Waals surface area contributed by atoms with Crippen molar-refractivity contribution in [3.63, 3.8) is 0 Å². The summed E-state index contributed by atoms with van der Waals surface area (Å²) in [6.45, 7) is 0.198. The molecule has 84 valence electrons. The smallest absolute Gasteiger partial charge is 0.133 e. The van der Waals surface area contributed by atoms with Crippen molar-refractivity contribution in [2.75, 3.05) is 12.4 Å². The van der Waals surface area contributed by atoms with E-state index >= 15 is 0 Å². The van der Waals surface area contributed by atoms with Gasteiger partial charge in [-0.2, -0.15) is 11.8 Å². The van der Waals surface area contributed by atoms with E-state index in [1.165, 1.54) is 0 Å². The highest BCUT2D eigenvalue weighted by Gasteiger charge is 2.04. The molecule has 0 saturated heterocycles. The average Bonchev–Trinajstić information content (AvgIpc) is 2.30. The van der Waals surface area contributed by atoms with Crippen LogP contribution in [0.3, 0.4) is 0 Å². The van der Waals surface area contributed by atoms with Crippen LogP contribution in [0.15, 0.2) is 30.3 Å². The highest BCUT2D eigenvalue weighted by Crippen LogP contribution is 2.23. The summed E-state index contributed by atoms with van der Waals surface area (Å²) >= 11 is 7.75. The second-order valence-electron chi connectivity index (χ2n) is 3.41. The van der Waals surface area contributed by atoms with E-state index in [2.05, 4.69) is 11.1 Å².